The molecule has 0 unspecified atom stereocenters. The van der Waals surface area contributed by atoms with Crippen molar-refractivity contribution in [1.29, 1.82) is 0 Å². The monoisotopic (exact) mass is 262 g/mol. The van der Waals surface area contributed by atoms with Gasteiger partial charge in [0.05, 0.1) is 5.41 Å². The molecule has 0 heterocycles. The molecule has 0 aromatic heterocycles. The first-order valence-corrected chi connectivity index (χ1v) is 6.90. The van der Waals surface area contributed by atoms with Gasteiger partial charge in [-0.15, -0.1) is 0 Å². The summed E-state index contributed by atoms with van der Waals surface area (Å²) < 4.78 is 0. The summed E-state index contributed by atoms with van der Waals surface area (Å²) in [7, 11) is 0. The molecule has 1 fully saturated rings. The molecule has 1 saturated carbocycles. The number of rotatable bonds is 3. The van der Waals surface area contributed by atoms with E-state index in [1.807, 2.05) is 51.1 Å². The molecule has 19 heavy (non-hydrogen) atoms. The van der Waals surface area contributed by atoms with Crippen LogP contribution in [0.1, 0.15) is 52.0 Å². The second-order valence-corrected chi connectivity index (χ2v) is 6.22. The van der Waals surface area contributed by atoms with Gasteiger partial charge in [0.15, 0.2) is 0 Å². The van der Waals surface area contributed by atoms with Crippen LogP contribution in [-0.4, -0.2) is 11.6 Å². The van der Waals surface area contributed by atoms with Crippen LogP contribution in [-0.2, 0) is 20.0 Å². The first-order chi connectivity index (χ1) is 8.94. The zero-order valence-electron chi connectivity index (χ0n) is 11.9. The fourth-order valence-corrected chi connectivity index (χ4v) is 2.59. The van der Waals surface area contributed by atoms with Gasteiger partial charge in [-0.1, -0.05) is 43.2 Å². The van der Waals surface area contributed by atoms with Crippen molar-refractivity contribution in [1.82, 2.24) is 0 Å². The Labute approximate surface area is 114 Å². The third kappa shape index (κ3) is 3.16. The van der Waals surface area contributed by atoms with Gasteiger partial charge in [-0.2, -0.15) is 4.89 Å². The molecule has 104 valence electrons. The Morgan fingerprint density at radius 1 is 1.11 bits per heavy atom. The SMILES string of the molecule is CC(C)(C)OOC(=O)C1(c2ccccc2)CCCC1. The van der Waals surface area contributed by atoms with Crippen LogP contribution in [0.5, 0.6) is 0 Å². The topological polar surface area (TPSA) is 35.5 Å². The molecule has 0 amide bonds. The molecular formula is C16H22O3. The summed E-state index contributed by atoms with van der Waals surface area (Å²) in [6.45, 7) is 5.60. The molecule has 0 N–H and O–H groups in total. The van der Waals surface area contributed by atoms with E-state index in [1.54, 1.807) is 0 Å². The van der Waals surface area contributed by atoms with Crippen LogP contribution in [0.25, 0.3) is 0 Å². The smallest absolute Gasteiger partial charge is 0.297 e. The van der Waals surface area contributed by atoms with Crippen molar-refractivity contribution >= 4 is 5.97 Å². The second-order valence-electron chi connectivity index (χ2n) is 6.22. The number of carbonyl (C=O) groups excluding carboxylic acids is 1. The Morgan fingerprint density at radius 2 is 1.68 bits per heavy atom. The molecule has 2 rings (SSSR count). The highest BCUT2D eigenvalue weighted by Gasteiger charge is 2.45. The summed E-state index contributed by atoms with van der Waals surface area (Å²) in [4.78, 5) is 22.8. The lowest BCUT2D eigenvalue weighted by molar-refractivity contribution is -0.324. The van der Waals surface area contributed by atoms with Gasteiger partial charge in [-0.05, 0) is 39.2 Å². The fourth-order valence-electron chi connectivity index (χ4n) is 2.59. The van der Waals surface area contributed by atoms with Gasteiger partial charge in [0.1, 0.15) is 5.60 Å². The maximum Gasteiger partial charge on any atom is 0.352 e. The summed E-state index contributed by atoms with van der Waals surface area (Å²) >= 11 is 0. The van der Waals surface area contributed by atoms with E-state index in [0.29, 0.717) is 0 Å². The lowest BCUT2D eigenvalue weighted by Gasteiger charge is -2.28. The predicted molar refractivity (Wildman–Crippen MR) is 73.5 cm³/mol. The van der Waals surface area contributed by atoms with Crippen LogP contribution >= 0.6 is 0 Å². The zero-order chi connectivity index (χ0) is 13.9. The van der Waals surface area contributed by atoms with E-state index in [2.05, 4.69) is 0 Å². The molecule has 0 aliphatic heterocycles. The average molecular weight is 262 g/mol. The highest BCUT2D eigenvalue weighted by molar-refractivity contribution is 5.83. The van der Waals surface area contributed by atoms with Crippen molar-refractivity contribution in [2.75, 3.05) is 0 Å². The van der Waals surface area contributed by atoms with Crippen molar-refractivity contribution < 1.29 is 14.6 Å². The minimum absolute atomic E-state index is 0.258. The molecule has 1 aliphatic rings. The summed E-state index contributed by atoms with van der Waals surface area (Å²) in [5, 5.41) is 0. The highest BCUT2D eigenvalue weighted by atomic mass is 17.2. The second kappa shape index (κ2) is 5.33. The number of hydrogen-bond donors (Lipinski definition) is 0. The maximum atomic E-state index is 12.5. The van der Waals surface area contributed by atoms with Gasteiger partial charge in [-0.3, -0.25) is 4.89 Å². The fraction of sp³-hybridized carbons (Fsp3) is 0.562. The minimum Gasteiger partial charge on any atom is -0.297 e. The van der Waals surface area contributed by atoms with E-state index in [-0.39, 0.29) is 5.97 Å². The van der Waals surface area contributed by atoms with Gasteiger partial charge in [0.2, 0.25) is 0 Å². The van der Waals surface area contributed by atoms with Gasteiger partial charge in [0, 0.05) is 0 Å². The molecule has 0 spiro atoms. The number of carbonyl (C=O) groups is 1. The quantitative estimate of drug-likeness (QED) is 0.614. The Morgan fingerprint density at radius 3 is 2.21 bits per heavy atom. The standard InChI is InChI=1S/C16H22O3/c1-15(2,3)19-18-14(17)16(11-7-8-12-16)13-9-5-4-6-10-13/h4-6,9-10H,7-8,11-12H2,1-3H3. The Hall–Kier alpha value is -1.35. The van der Waals surface area contributed by atoms with Crippen LogP contribution in [0.15, 0.2) is 30.3 Å². The summed E-state index contributed by atoms with van der Waals surface area (Å²) in [5.41, 5.74) is 0.0357. The molecule has 3 nitrogen and oxygen atoms in total. The van der Waals surface area contributed by atoms with Gasteiger partial charge < -0.3 is 0 Å². The molecule has 0 saturated heterocycles. The third-order valence-corrected chi connectivity index (χ3v) is 3.54. The Kier molecular flexibility index (Phi) is 3.95. The normalized spacial score (nSPS) is 18.3. The minimum atomic E-state index is -0.521. The van der Waals surface area contributed by atoms with Crippen LogP contribution in [0.3, 0.4) is 0 Å². The van der Waals surface area contributed by atoms with E-state index in [0.717, 1.165) is 31.2 Å². The van der Waals surface area contributed by atoms with Crippen molar-refractivity contribution in [2.24, 2.45) is 0 Å². The predicted octanol–water partition coefficient (Wildman–Crippen LogP) is 3.77. The van der Waals surface area contributed by atoms with Gasteiger partial charge >= 0.3 is 5.97 Å². The molecule has 0 radical (unpaired) electrons. The van der Waals surface area contributed by atoms with Crippen LogP contribution in [0.2, 0.25) is 0 Å². The summed E-state index contributed by atoms with van der Waals surface area (Å²) in [6.07, 6.45) is 3.78. The lowest BCUT2D eigenvalue weighted by atomic mass is 9.79. The zero-order valence-corrected chi connectivity index (χ0v) is 11.9. The number of benzene rings is 1. The van der Waals surface area contributed by atoms with Crippen molar-refractivity contribution in [3.63, 3.8) is 0 Å². The van der Waals surface area contributed by atoms with E-state index in [1.165, 1.54) is 0 Å². The lowest BCUT2D eigenvalue weighted by Crippen LogP contribution is -2.36. The van der Waals surface area contributed by atoms with Crippen LogP contribution < -0.4 is 0 Å². The van der Waals surface area contributed by atoms with E-state index >= 15 is 0 Å². The average Bonchev–Trinajstić information content (AvgIpc) is 2.87. The largest absolute Gasteiger partial charge is 0.352 e. The molecule has 0 bridgehead atoms. The van der Waals surface area contributed by atoms with Crippen LogP contribution in [0, 0.1) is 0 Å². The third-order valence-electron chi connectivity index (χ3n) is 3.54. The Bertz CT molecular complexity index is 425. The molecule has 1 aromatic carbocycles. The number of hydrogen-bond acceptors (Lipinski definition) is 3. The van der Waals surface area contributed by atoms with Crippen LogP contribution in [0.4, 0.5) is 0 Å². The van der Waals surface area contributed by atoms with Crippen molar-refractivity contribution in [3.8, 4) is 0 Å². The first kappa shape index (κ1) is 14.1. The molecule has 3 heteroatoms. The van der Waals surface area contributed by atoms with E-state index in [4.69, 9.17) is 9.78 Å². The first-order valence-electron chi connectivity index (χ1n) is 6.90. The van der Waals surface area contributed by atoms with Crippen molar-refractivity contribution in [2.45, 2.75) is 57.5 Å². The Balaban J connectivity index is 2.18. The van der Waals surface area contributed by atoms with Gasteiger partial charge in [-0.25, -0.2) is 4.79 Å². The van der Waals surface area contributed by atoms with E-state index in [9.17, 15) is 4.79 Å². The molecule has 1 aromatic rings. The van der Waals surface area contributed by atoms with Gasteiger partial charge in [0.25, 0.3) is 0 Å². The summed E-state index contributed by atoms with van der Waals surface area (Å²) in [5.74, 6) is -0.258. The maximum absolute atomic E-state index is 12.5. The molecule has 1 aliphatic carbocycles. The molecule has 0 atom stereocenters. The molecular weight excluding hydrogens is 240 g/mol. The highest BCUT2D eigenvalue weighted by Crippen LogP contribution is 2.42. The summed E-state index contributed by atoms with van der Waals surface area (Å²) in [6, 6.07) is 9.90. The van der Waals surface area contributed by atoms with Crippen molar-refractivity contribution in [3.05, 3.63) is 35.9 Å². The van der Waals surface area contributed by atoms with E-state index < -0.39 is 11.0 Å².